The Bertz CT molecular complexity index is 385. The highest BCUT2D eigenvalue weighted by atomic mass is 32.1. The molecule has 0 saturated heterocycles. The number of hydrogen-bond donors (Lipinski definition) is 2. The van der Waals surface area contributed by atoms with Gasteiger partial charge < -0.3 is 5.32 Å². The van der Waals surface area contributed by atoms with E-state index in [4.69, 9.17) is 0 Å². The maximum atomic E-state index is 11.7. The van der Waals surface area contributed by atoms with E-state index in [-0.39, 0.29) is 6.03 Å². The minimum atomic E-state index is -0.164. The molecule has 17 heavy (non-hydrogen) atoms. The van der Waals surface area contributed by atoms with Crippen LogP contribution in [0.3, 0.4) is 0 Å². The summed E-state index contributed by atoms with van der Waals surface area (Å²) in [5.74, 6) is 0.348. The van der Waals surface area contributed by atoms with E-state index in [0.717, 1.165) is 17.8 Å². The van der Waals surface area contributed by atoms with E-state index in [0.29, 0.717) is 17.1 Å². The molecule has 1 aliphatic rings. The molecular formula is C11H18N4OS. The molecule has 1 aliphatic carbocycles. The zero-order valence-electron chi connectivity index (χ0n) is 10.2. The standard InChI is InChI=1S/C11H18N4OS/c1-7(2)9-14-15-11(17-9)13-10(16)12-8-5-3-4-6-8/h7-8H,3-6H2,1-2H3,(H2,12,13,15,16). The third kappa shape index (κ3) is 3.39. The lowest BCUT2D eigenvalue weighted by atomic mass is 10.2. The molecule has 0 radical (unpaired) electrons. The Hall–Kier alpha value is -1.17. The zero-order chi connectivity index (χ0) is 12.3. The summed E-state index contributed by atoms with van der Waals surface area (Å²) < 4.78 is 0. The summed E-state index contributed by atoms with van der Waals surface area (Å²) in [6, 6.07) is 0.163. The molecule has 6 heteroatoms. The van der Waals surface area contributed by atoms with Gasteiger partial charge in [0.2, 0.25) is 5.13 Å². The van der Waals surface area contributed by atoms with Crippen molar-refractivity contribution in [1.29, 1.82) is 0 Å². The molecule has 1 heterocycles. The molecule has 5 nitrogen and oxygen atoms in total. The maximum absolute atomic E-state index is 11.7. The molecule has 1 fully saturated rings. The number of rotatable bonds is 3. The van der Waals surface area contributed by atoms with Gasteiger partial charge >= 0.3 is 6.03 Å². The van der Waals surface area contributed by atoms with Crippen LogP contribution in [0.4, 0.5) is 9.93 Å². The van der Waals surface area contributed by atoms with Crippen molar-refractivity contribution in [3.8, 4) is 0 Å². The Kier molecular flexibility index (Phi) is 3.93. The number of nitrogens with zero attached hydrogens (tertiary/aromatic N) is 2. The topological polar surface area (TPSA) is 66.9 Å². The van der Waals surface area contributed by atoms with Gasteiger partial charge in [0.05, 0.1) is 0 Å². The van der Waals surface area contributed by atoms with Crippen LogP contribution < -0.4 is 10.6 Å². The van der Waals surface area contributed by atoms with Crippen LogP contribution >= 0.6 is 11.3 Å². The van der Waals surface area contributed by atoms with E-state index >= 15 is 0 Å². The second-order valence-electron chi connectivity index (χ2n) is 4.68. The number of urea groups is 1. The van der Waals surface area contributed by atoms with Gasteiger partial charge in [-0.3, -0.25) is 5.32 Å². The van der Waals surface area contributed by atoms with Crippen LogP contribution in [0.25, 0.3) is 0 Å². The average molecular weight is 254 g/mol. The molecule has 94 valence electrons. The van der Waals surface area contributed by atoms with Gasteiger partial charge in [0, 0.05) is 12.0 Å². The summed E-state index contributed by atoms with van der Waals surface area (Å²) in [6.07, 6.45) is 4.59. The molecule has 2 rings (SSSR count). The fourth-order valence-corrected chi connectivity index (χ4v) is 2.65. The lowest BCUT2D eigenvalue weighted by Crippen LogP contribution is -2.36. The number of carbonyl (C=O) groups excluding carboxylic acids is 1. The normalized spacial score (nSPS) is 16.4. The van der Waals surface area contributed by atoms with Gasteiger partial charge in [-0.25, -0.2) is 4.79 Å². The third-order valence-corrected chi connectivity index (χ3v) is 3.98. The summed E-state index contributed by atoms with van der Waals surface area (Å²) in [4.78, 5) is 11.7. The van der Waals surface area contributed by atoms with Crippen LogP contribution in [0.1, 0.15) is 50.5 Å². The first-order chi connectivity index (χ1) is 8.15. The summed E-state index contributed by atoms with van der Waals surface area (Å²) >= 11 is 1.43. The Morgan fingerprint density at radius 3 is 2.65 bits per heavy atom. The fraction of sp³-hybridized carbons (Fsp3) is 0.727. The Labute approximate surface area is 105 Å². The summed E-state index contributed by atoms with van der Waals surface area (Å²) in [6.45, 7) is 4.12. The quantitative estimate of drug-likeness (QED) is 0.871. The summed E-state index contributed by atoms with van der Waals surface area (Å²) in [5.41, 5.74) is 0. The molecule has 0 aliphatic heterocycles. The first kappa shape index (κ1) is 12.3. The molecular weight excluding hydrogens is 236 g/mol. The number of aromatic nitrogens is 2. The van der Waals surface area contributed by atoms with Crippen molar-refractivity contribution in [2.75, 3.05) is 5.32 Å². The molecule has 0 bridgehead atoms. The second kappa shape index (κ2) is 5.44. The molecule has 0 spiro atoms. The Morgan fingerprint density at radius 2 is 2.06 bits per heavy atom. The van der Waals surface area contributed by atoms with Crippen molar-refractivity contribution < 1.29 is 4.79 Å². The molecule has 2 amide bonds. The largest absolute Gasteiger partial charge is 0.335 e. The predicted octanol–water partition coefficient (Wildman–Crippen LogP) is 2.73. The van der Waals surface area contributed by atoms with Crippen molar-refractivity contribution in [2.45, 2.75) is 51.5 Å². The lowest BCUT2D eigenvalue weighted by Gasteiger charge is -2.11. The van der Waals surface area contributed by atoms with Gasteiger partial charge in [0.15, 0.2) is 0 Å². The van der Waals surface area contributed by atoms with Crippen LogP contribution in [0.2, 0.25) is 0 Å². The first-order valence-corrected chi connectivity index (χ1v) is 6.87. The van der Waals surface area contributed by atoms with Crippen LogP contribution in [0.5, 0.6) is 0 Å². The number of anilines is 1. The number of nitrogens with one attached hydrogen (secondary N) is 2. The number of amides is 2. The minimum absolute atomic E-state index is 0.164. The van der Waals surface area contributed by atoms with Crippen molar-refractivity contribution in [3.63, 3.8) is 0 Å². The molecule has 1 aromatic rings. The third-order valence-electron chi connectivity index (χ3n) is 2.85. The van der Waals surface area contributed by atoms with E-state index in [2.05, 4.69) is 34.7 Å². The van der Waals surface area contributed by atoms with Crippen LogP contribution in [-0.2, 0) is 0 Å². The molecule has 2 N–H and O–H groups in total. The van der Waals surface area contributed by atoms with Crippen molar-refractivity contribution >= 4 is 22.5 Å². The van der Waals surface area contributed by atoms with Crippen molar-refractivity contribution in [2.24, 2.45) is 0 Å². The lowest BCUT2D eigenvalue weighted by molar-refractivity contribution is 0.248. The number of hydrogen-bond acceptors (Lipinski definition) is 4. The van der Waals surface area contributed by atoms with Gasteiger partial charge in [-0.1, -0.05) is 38.0 Å². The SMILES string of the molecule is CC(C)c1nnc(NC(=O)NC2CCCC2)s1. The van der Waals surface area contributed by atoms with Crippen molar-refractivity contribution in [1.82, 2.24) is 15.5 Å². The van der Waals surface area contributed by atoms with E-state index in [9.17, 15) is 4.79 Å². The van der Waals surface area contributed by atoms with Gasteiger partial charge in [-0.15, -0.1) is 10.2 Å². The smallest absolute Gasteiger partial charge is 0.321 e. The summed E-state index contributed by atoms with van der Waals surface area (Å²) in [5, 5.41) is 15.2. The summed E-state index contributed by atoms with van der Waals surface area (Å²) in [7, 11) is 0. The highest BCUT2D eigenvalue weighted by Crippen LogP contribution is 2.22. The second-order valence-corrected chi connectivity index (χ2v) is 5.69. The van der Waals surface area contributed by atoms with E-state index in [1.54, 1.807) is 0 Å². The average Bonchev–Trinajstić information content (AvgIpc) is 2.88. The van der Waals surface area contributed by atoms with Crippen molar-refractivity contribution in [3.05, 3.63) is 5.01 Å². The predicted molar refractivity (Wildman–Crippen MR) is 68.4 cm³/mol. The highest BCUT2D eigenvalue weighted by Gasteiger charge is 2.18. The van der Waals surface area contributed by atoms with E-state index in [1.807, 2.05) is 0 Å². The highest BCUT2D eigenvalue weighted by molar-refractivity contribution is 7.15. The molecule has 0 aromatic carbocycles. The zero-order valence-corrected chi connectivity index (χ0v) is 11.0. The van der Waals surface area contributed by atoms with Crippen LogP contribution in [-0.4, -0.2) is 22.3 Å². The monoisotopic (exact) mass is 254 g/mol. The van der Waals surface area contributed by atoms with Gasteiger partial charge in [0.25, 0.3) is 0 Å². The molecule has 0 unspecified atom stereocenters. The Balaban J connectivity index is 1.84. The van der Waals surface area contributed by atoms with Gasteiger partial charge in [0.1, 0.15) is 5.01 Å². The fourth-order valence-electron chi connectivity index (χ4n) is 1.91. The minimum Gasteiger partial charge on any atom is -0.335 e. The van der Waals surface area contributed by atoms with Crippen LogP contribution in [0.15, 0.2) is 0 Å². The maximum Gasteiger partial charge on any atom is 0.321 e. The first-order valence-electron chi connectivity index (χ1n) is 6.06. The van der Waals surface area contributed by atoms with E-state index in [1.165, 1.54) is 24.2 Å². The molecule has 0 atom stereocenters. The van der Waals surface area contributed by atoms with Gasteiger partial charge in [-0.2, -0.15) is 0 Å². The molecule has 1 saturated carbocycles. The molecule has 1 aromatic heterocycles. The number of carbonyl (C=O) groups is 1. The van der Waals surface area contributed by atoms with Crippen LogP contribution in [0, 0.1) is 0 Å². The Morgan fingerprint density at radius 1 is 1.35 bits per heavy atom. The van der Waals surface area contributed by atoms with Gasteiger partial charge in [-0.05, 0) is 12.8 Å². The van der Waals surface area contributed by atoms with E-state index < -0.39 is 0 Å².